The van der Waals surface area contributed by atoms with Gasteiger partial charge in [-0.1, -0.05) is 19.9 Å². The summed E-state index contributed by atoms with van der Waals surface area (Å²) in [5, 5.41) is 5.91. The molecule has 0 radical (unpaired) electrons. The number of anilines is 2. The summed E-state index contributed by atoms with van der Waals surface area (Å²) >= 11 is 2.87. The molecule has 19 heavy (non-hydrogen) atoms. The zero-order valence-electron chi connectivity index (χ0n) is 10.8. The molecule has 2 aromatic heterocycles. The highest BCUT2D eigenvalue weighted by molar-refractivity contribution is 7.11. The van der Waals surface area contributed by atoms with Crippen LogP contribution in [0.3, 0.4) is 0 Å². The van der Waals surface area contributed by atoms with Gasteiger partial charge in [-0.2, -0.15) is 4.37 Å². The van der Waals surface area contributed by atoms with Crippen molar-refractivity contribution in [1.29, 1.82) is 0 Å². The normalized spacial score (nSPS) is 11.5. The second-order valence-electron chi connectivity index (χ2n) is 4.85. The molecule has 0 unspecified atom stereocenters. The molecule has 2 heterocycles. The number of carbonyl (C=O) groups is 1. The van der Waals surface area contributed by atoms with E-state index in [0.29, 0.717) is 11.5 Å². The molecule has 0 aliphatic carbocycles. The maximum atomic E-state index is 11.3. The van der Waals surface area contributed by atoms with E-state index in [9.17, 15) is 4.79 Å². The van der Waals surface area contributed by atoms with Crippen molar-refractivity contribution in [2.45, 2.75) is 19.3 Å². The highest BCUT2D eigenvalue weighted by atomic mass is 32.1. The minimum Gasteiger partial charge on any atom is -0.382 e. The molecule has 0 aliphatic heterocycles. The van der Waals surface area contributed by atoms with Crippen molar-refractivity contribution < 1.29 is 4.79 Å². The molecular formula is C12H16N4OS2. The fourth-order valence-corrected chi connectivity index (χ4v) is 3.28. The summed E-state index contributed by atoms with van der Waals surface area (Å²) in [6.07, 6.45) is 0. The Balaban J connectivity index is 2.13. The van der Waals surface area contributed by atoms with Crippen molar-refractivity contribution in [3.8, 4) is 0 Å². The highest BCUT2D eigenvalue weighted by Gasteiger charge is 2.24. The van der Waals surface area contributed by atoms with Gasteiger partial charge in [-0.25, -0.2) is 0 Å². The summed E-state index contributed by atoms with van der Waals surface area (Å²) in [5.41, 5.74) is 11.2. The number of nitrogen functional groups attached to an aromatic ring is 1. The number of hydrogen-bond donors (Lipinski definition) is 3. The van der Waals surface area contributed by atoms with Gasteiger partial charge in [-0.05, 0) is 23.0 Å². The van der Waals surface area contributed by atoms with Crippen molar-refractivity contribution in [1.82, 2.24) is 4.37 Å². The maximum Gasteiger partial charge on any atom is 0.255 e. The first-order valence-electron chi connectivity index (χ1n) is 5.74. The second kappa shape index (κ2) is 5.18. The van der Waals surface area contributed by atoms with Gasteiger partial charge in [0.15, 0.2) is 5.82 Å². The first kappa shape index (κ1) is 13.8. The fraction of sp³-hybridized carbons (Fsp3) is 0.333. The largest absolute Gasteiger partial charge is 0.382 e. The predicted molar refractivity (Wildman–Crippen MR) is 80.9 cm³/mol. The third-order valence-electron chi connectivity index (χ3n) is 2.84. The molecular weight excluding hydrogens is 280 g/mol. The zero-order chi connectivity index (χ0) is 14.0. The lowest BCUT2D eigenvalue weighted by Gasteiger charge is -2.23. The van der Waals surface area contributed by atoms with Crippen LogP contribution >= 0.6 is 22.9 Å². The zero-order valence-corrected chi connectivity index (χ0v) is 12.4. The number of nitrogens with zero attached hydrogens (tertiary/aromatic N) is 1. The third kappa shape index (κ3) is 2.87. The molecule has 2 aromatic rings. The molecule has 0 aromatic carbocycles. The number of thiophene rings is 1. The van der Waals surface area contributed by atoms with Gasteiger partial charge in [0.2, 0.25) is 0 Å². The van der Waals surface area contributed by atoms with Crippen molar-refractivity contribution in [2.24, 2.45) is 5.73 Å². The topological polar surface area (TPSA) is 94.0 Å². The van der Waals surface area contributed by atoms with Crippen LogP contribution in [-0.4, -0.2) is 16.8 Å². The molecule has 0 saturated heterocycles. The SMILES string of the molecule is CC(C)(CNc1snc(N)c1C(N)=O)c1cccs1. The van der Waals surface area contributed by atoms with E-state index in [1.54, 1.807) is 11.3 Å². The molecule has 0 bridgehead atoms. The van der Waals surface area contributed by atoms with E-state index in [1.807, 2.05) is 6.07 Å². The summed E-state index contributed by atoms with van der Waals surface area (Å²) in [5.74, 6) is -0.364. The Bertz CT molecular complexity index is 575. The van der Waals surface area contributed by atoms with Gasteiger partial charge >= 0.3 is 0 Å². The molecule has 0 spiro atoms. The molecule has 0 atom stereocenters. The van der Waals surface area contributed by atoms with E-state index in [2.05, 4.69) is 35.0 Å². The summed E-state index contributed by atoms with van der Waals surface area (Å²) in [4.78, 5) is 12.6. The van der Waals surface area contributed by atoms with Crippen molar-refractivity contribution in [2.75, 3.05) is 17.6 Å². The Labute approximate surface area is 119 Å². The number of aromatic nitrogens is 1. The van der Waals surface area contributed by atoms with Crippen molar-refractivity contribution >= 4 is 39.6 Å². The van der Waals surface area contributed by atoms with Crippen LogP contribution in [0.1, 0.15) is 29.1 Å². The van der Waals surface area contributed by atoms with Gasteiger partial charge in [0.1, 0.15) is 10.6 Å². The Hall–Kier alpha value is -1.60. The van der Waals surface area contributed by atoms with Crippen LogP contribution in [0.25, 0.3) is 0 Å². The van der Waals surface area contributed by atoms with Crippen LogP contribution in [0.4, 0.5) is 10.8 Å². The molecule has 0 fully saturated rings. The van der Waals surface area contributed by atoms with Gasteiger partial charge in [0.05, 0.1) is 0 Å². The fourth-order valence-electron chi connectivity index (χ4n) is 1.71. The number of amides is 1. The molecule has 0 saturated carbocycles. The van der Waals surface area contributed by atoms with Crippen LogP contribution in [0.15, 0.2) is 17.5 Å². The van der Waals surface area contributed by atoms with Crippen molar-refractivity contribution in [3.63, 3.8) is 0 Å². The summed E-state index contributed by atoms with van der Waals surface area (Å²) < 4.78 is 3.96. The lowest BCUT2D eigenvalue weighted by Crippen LogP contribution is -2.27. The van der Waals surface area contributed by atoms with Crippen LogP contribution in [-0.2, 0) is 5.41 Å². The smallest absolute Gasteiger partial charge is 0.255 e. The van der Waals surface area contributed by atoms with E-state index >= 15 is 0 Å². The average molecular weight is 296 g/mol. The second-order valence-corrected chi connectivity index (χ2v) is 6.57. The number of nitrogens with two attached hydrogens (primary N) is 2. The number of nitrogens with one attached hydrogen (secondary N) is 1. The standard InChI is InChI=1S/C12H16N4OS2/c1-12(2,7-4-3-5-18-7)6-15-11-8(10(14)17)9(13)16-19-11/h3-5,15H,6H2,1-2H3,(H2,13,16)(H2,14,17). The van der Waals surface area contributed by atoms with Gasteiger partial charge in [-0.3, -0.25) is 4.79 Å². The molecule has 102 valence electrons. The average Bonchev–Trinajstić information content (AvgIpc) is 2.95. The first-order valence-corrected chi connectivity index (χ1v) is 7.40. The molecule has 5 nitrogen and oxygen atoms in total. The van der Waals surface area contributed by atoms with E-state index in [1.165, 1.54) is 4.88 Å². The molecule has 5 N–H and O–H groups in total. The van der Waals surface area contributed by atoms with Gasteiger partial charge in [-0.15, -0.1) is 11.3 Å². The monoisotopic (exact) mass is 296 g/mol. The Morgan fingerprint density at radius 2 is 2.26 bits per heavy atom. The number of primary amides is 1. The molecule has 7 heteroatoms. The molecule has 1 amide bonds. The maximum absolute atomic E-state index is 11.3. The Morgan fingerprint density at radius 3 is 2.84 bits per heavy atom. The molecule has 2 rings (SSSR count). The lowest BCUT2D eigenvalue weighted by atomic mass is 9.91. The predicted octanol–water partition coefficient (Wildman–Crippen LogP) is 2.28. The quantitative estimate of drug-likeness (QED) is 0.789. The van der Waals surface area contributed by atoms with E-state index in [0.717, 1.165) is 11.5 Å². The number of hydrogen-bond acceptors (Lipinski definition) is 6. The molecule has 0 aliphatic rings. The Kier molecular flexibility index (Phi) is 3.77. The minimum atomic E-state index is -0.553. The van der Waals surface area contributed by atoms with Crippen LogP contribution in [0.2, 0.25) is 0 Å². The van der Waals surface area contributed by atoms with Gasteiger partial charge in [0, 0.05) is 16.8 Å². The van der Waals surface area contributed by atoms with E-state index in [-0.39, 0.29) is 16.8 Å². The van der Waals surface area contributed by atoms with Gasteiger partial charge in [0.25, 0.3) is 5.91 Å². The number of rotatable bonds is 5. The highest BCUT2D eigenvalue weighted by Crippen LogP contribution is 2.31. The van der Waals surface area contributed by atoms with Crippen LogP contribution in [0, 0.1) is 0 Å². The third-order valence-corrected chi connectivity index (χ3v) is 4.90. The first-order chi connectivity index (χ1) is 8.92. The Morgan fingerprint density at radius 1 is 1.53 bits per heavy atom. The summed E-state index contributed by atoms with van der Waals surface area (Å²) in [6, 6.07) is 4.13. The van der Waals surface area contributed by atoms with E-state index < -0.39 is 5.91 Å². The summed E-state index contributed by atoms with van der Waals surface area (Å²) in [6.45, 7) is 4.95. The minimum absolute atomic E-state index is 0.0398. The van der Waals surface area contributed by atoms with Crippen LogP contribution < -0.4 is 16.8 Å². The van der Waals surface area contributed by atoms with Gasteiger partial charge < -0.3 is 16.8 Å². The van der Waals surface area contributed by atoms with Crippen molar-refractivity contribution in [3.05, 3.63) is 28.0 Å². The lowest BCUT2D eigenvalue weighted by molar-refractivity contribution is 0.100. The van der Waals surface area contributed by atoms with Crippen LogP contribution in [0.5, 0.6) is 0 Å². The number of carbonyl (C=O) groups excluding carboxylic acids is 1. The van der Waals surface area contributed by atoms with E-state index in [4.69, 9.17) is 11.5 Å². The summed E-state index contributed by atoms with van der Waals surface area (Å²) in [7, 11) is 0.